The molecule has 4 rings (SSSR count). The molecular weight excluding hydrogens is 423 g/mol. The van der Waals surface area contributed by atoms with E-state index in [0.717, 1.165) is 34.1 Å². The van der Waals surface area contributed by atoms with E-state index in [2.05, 4.69) is 10.1 Å². The normalized spacial score (nSPS) is 11.1. The highest BCUT2D eigenvalue weighted by atomic mass is 35.5. The third-order valence-electron chi connectivity index (χ3n) is 3.85. The van der Waals surface area contributed by atoms with Gasteiger partial charge in [-0.05, 0) is 48.5 Å². The number of halogens is 4. The van der Waals surface area contributed by atoms with Crippen molar-refractivity contribution in [2.75, 3.05) is 11.2 Å². The largest absolute Gasteiger partial charge is 0.573 e. The number of hydrogen-bond acceptors (Lipinski definition) is 4. The van der Waals surface area contributed by atoms with Crippen LogP contribution in [0.25, 0.3) is 21.9 Å². The number of hydrogen-bond donors (Lipinski definition) is 2. The fraction of sp³-hybridized carbons (Fsp3) is 0.0952. The fourth-order valence-electron chi connectivity index (χ4n) is 2.65. The van der Waals surface area contributed by atoms with E-state index >= 15 is 0 Å². The monoisotopic (exact) mass is 437 g/mol. The maximum Gasteiger partial charge on any atom is 0.573 e. The lowest BCUT2D eigenvalue weighted by Crippen LogP contribution is -2.17. The Morgan fingerprint density at radius 1 is 1.00 bits per heavy atom. The number of carbonyl (C=O) groups is 1. The number of rotatable bonds is 3. The van der Waals surface area contributed by atoms with Crippen molar-refractivity contribution in [1.29, 1.82) is 0 Å². The number of nitrogens with one attached hydrogen (secondary N) is 1. The molecule has 0 bridgehead atoms. The molecule has 0 saturated carbocycles. The maximum absolute atomic E-state index is 11.8. The first-order valence-electron chi connectivity index (χ1n) is 8.57. The number of fused-ring (bicyclic) bond motifs is 3. The van der Waals surface area contributed by atoms with E-state index in [-0.39, 0.29) is 17.4 Å². The van der Waals surface area contributed by atoms with E-state index < -0.39 is 12.3 Å². The third-order valence-corrected chi connectivity index (χ3v) is 4.10. The number of para-hydroxylation sites is 1. The predicted octanol–water partition coefficient (Wildman–Crippen LogP) is 6.05. The van der Waals surface area contributed by atoms with E-state index in [1.54, 1.807) is 18.2 Å². The van der Waals surface area contributed by atoms with Gasteiger partial charge in [0.2, 0.25) is 5.91 Å². The number of amides is 1. The summed E-state index contributed by atoms with van der Waals surface area (Å²) < 4.78 is 44.6. The molecule has 0 spiro atoms. The molecule has 2 N–H and O–H groups in total. The Morgan fingerprint density at radius 3 is 2.33 bits per heavy atom. The Kier molecular flexibility index (Phi) is 6.37. The number of alkyl halides is 4. The molecule has 0 saturated heterocycles. The summed E-state index contributed by atoms with van der Waals surface area (Å²) in [5, 5.41) is 13.7. The second kappa shape index (κ2) is 8.96. The summed E-state index contributed by atoms with van der Waals surface area (Å²) in [6, 6.07) is 17.7. The van der Waals surface area contributed by atoms with Crippen LogP contribution in [-0.4, -0.2) is 23.3 Å². The quantitative estimate of drug-likeness (QED) is 0.382. The molecule has 3 aromatic carbocycles. The molecule has 1 heterocycles. The van der Waals surface area contributed by atoms with Gasteiger partial charge in [0.05, 0.1) is 0 Å². The van der Waals surface area contributed by atoms with Gasteiger partial charge in [-0.15, -0.1) is 24.8 Å². The smallest absolute Gasteiger partial charge is 0.508 e. The minimum Gasteiger partial charge on any atom is -0.508 e. The van der Waals surface area contributed by atoms with Crippen molar-refractivity contribution in [1.82, 2.24) is 0 Å². The van der Waals surface area contributed by atoms with Crippen LogP contribution in [0.5, 0.6) is 11.5 Å². The first-order chi connectivity index (χ1) is 14.2. The number of phenols is 1. The molecular formula is C21H15ClF3NO4. The van der Waals surface area contributed by atoms with Gasteiger partial charge in [-0.1, -0.05) is 18.2 Å². The number of furan rings is 1. The number of benzene rings is 3. The van der Waals surface area contributed by atoms with Crippen LogP contribution in [0, 0.1) is 0 Å². The molecule has 0 aliphatic carbocycles. The lowest BCUT2D eigenvalue weighted by Gasteiger charge is -2.09. The van der Waals surface area contributed by atoms with Gasteiger partial charge in [-0.2, -0.15) is 0 Å². The minimum absolute atomic E-state index is 0.221. The number of phenolic OH excluding ortho intramolecular Hbond substituents is 1. The summed E-state index contributed by atoms with van der Waals surface area (Å²) in [6.45, 7) is 0. The minimum atomic E-state index is -4.72. The molecule has 0 aliphatic rings. The van der Waals surface area contributed by atoms with Gasteiger partial charge in [0, 0.05) is 16.5 Å². The molecule has 5 nitrogen and oxygen atoms in total. The third kappa shape index (κ3) is 5.57. The van der Waals surface area contributed by atoms with Gasteiger partial charge >= 0.3 is 6.36 Å². The Morgan fingerprint density at radius 2 is 1.67 bits per heavy atom. The van der Waals surface area contributed by atoms with Crippen LogP contribution in [0.3, 0.4) is 0 Å². The Labute approximate surface area is 173 Å². The van der Waals surface area contributed by atoms with Crippen LogP contribution in [0.1, 0.15) is 0 Å². The van der Waals surface area contributed by atoms with Crippen LogP contribution < -0.4 is 10.1 Å². The molecule has 1 aromatic heterocycles. The molecule has 0 unspecified atom stereocenters. The molecule has 9 heteroatoms. The van der Waals surface area contributed by atoms with Crippen molar-refractivity contribution < 1.29 is 32.2 Å². The van der Waals surface area contributed by atoms with Crippen LogP contribution in [0.4, 0.5) is 18.9 Å². The van der Waals surface area contributed by atoms with Crippen LogP contribution >= 0.6 is 11.6 Å². The summed E-state index contributed by atoms with van der Waals surface area (Å²) in [5.41, 5.74) is 2.01. The molecule has 156 valence electrons. The summed E-state index contributed by atoms with van der Waals surface area (Å²) in [4.78, 5) is 10.8. The van der Waals surface area contributed by atoms with Crippen molar-refractivity contribution in [3.8, 4) is 11.5 Å². The van der Waals surface area contributed by atoms with E-state index in [1.165, 1.54) is 12.1 Å². The molecule has 30 heavy (non-hydrogen) atoms. The molecule has 4 aromatic rings. The second-order valence-electron chi connectivity index (χ2n) is 6.03. The highest BCUT2D eigenvalue weighted by molar-refractivity contribution is 6.29. The topological polar surface area (TPSA) is 71.7 Å². The SMILES string of the molecule is O=C(CCl)Nc1ccc(OC(F)(F)F)cc1.Oc1ccc2oc3ccccc3c2c1. The summed E-state index contributed by atoms with van der Waals surface area (Å²) in [7, 11) is 0. The lowest BCUT2D eigenvalue weighted by atomic mass is 10.1. The number of aromatic hydroxyl groups is 1. The van der Waals surface area contributed by atoms with Crippen molar-refractivity contribution in [3.05, 3.63) is 66.7 Å². The van der Waals surface area contributed by atoms with Gasteiger partial charge in [-0.25, -0.2) is 0 Å². The fourth-order valence-corrected chi connectivity index (χ4v) is 2.72. The first kappa shape index (κ1) is 21.3. The Hall–Kier alpha value is -3.39. The summed E-state index contributed by atoms with van der Waals surface area (Å²) >= 11 is 5.23. The Bertz CT molecular complexity index is 1160. The molecule has 0 fully saturated rings. The maximum atomic E-state index is 11.8. The van der Waals surface area contributed by atoms with Gasteiger partial charge in [0.1, 0.15) is 28.5 Å². The zero-order valence-electron chi connectivity index (χ0n) is 15.2. The predicted molar refractivity (Wildman–Crippen MR) is 108 cm³/mol. The number of ether oxygens (including phenoxy) is 1. The van der Waals surface area contributed by atoms with Crippen LogP contribution in [0.15, 0.2) is 71.1 Å². The average Bonchev–Trinajstić information content (AvgIpc) is 3.07. The average molecular weight is 438 g/mol. The number of anilines is 1. The molecule has 0 aliphatic heterocycles. The van der Waals surface area contributed by atoms with Crippen LogP contribution in [0.2, 0.25) is 0 Å². The highest BCUT2D eigenvalue weighted by Gasteiger charge is 2.30. The van der Waals surface area contributed by atoms with Crippen molar-refractivity contribution in [2.24, 2.45) is 0 Å². The summed E-state index contributed by atoms with van der Waals surface area (Å²) in [5.74, 6) is -0.743. The number of carbonyl (C=O) groups excluding carboxylic acids is 1. The van der Waals surface area contributed by atoms with Crippen molar-refractivity contribution in [3.63, 3.8) is 0 Å². The second-order valence-corrected chi connectivity index (χ2v) is 6.30. The Balaban J connectivity index is 0.000000171. The van der Waals surface area contributed by atoms with Gasteiger partial charge in [-0.3, -0.25) is 4.79 Å². The molecule has 0 radical (unpaired) electrons. The highest BCUT2D eigenvalue weighted by Crippen LogP contribution is 2.30. The zero-order chi connectivity index (χ0) is 21.7. The van der Waals surface area contributed by atoms with E-state index in [1.807, 2.05) is 24.3 Å². The standard InChI is InChI=1S/C12H8O2.C9H7ClF3NO2/c13-8-5-6-12-10(7-8)9-3-1-2-4-11(9)14-12;10-5-8(15)14-6-1-3-7(4-2-6)16-9(11,12)13/h1-7,13H;1-4H,5H2,(H,14,15). The van der Waals surface area contributed by atoms with Gasteiger partial charge in [0.25, 0.3) is 0 Å². The zero-order valence-corrected chi connectivity index (χ0v) is 16.0. The molecule has 0 atom stereocenters. The lowest BCUT2D eigenvalue weighted by molar-refractivity contribution is -0.274. The van der Waals surface area contributed by atoms with E-state index in [4.69, 9.17) is 16.0 Å². The van der Waals surface area contributed by atoms with Crippen LogP contribution in [-0.2, 0) is 4.79 Å². The first-order valence-corrected chi connectivity index (χ1v) is 9.10. The van der Waals surface area contributed by atoms with Crippen molar-refractivity contribution >= 4 is 45.1 Å². The van der Waals surface area contributed by atoms with E-state index in [0.29, 0.717) is 5.69 Å². The molecule has 1 amide bonds. The van der Waals surface area contributed by atoms with Crippen molar-refractivity contribution in [2.45, 2.75) is 6.36 Å². The van der Waals surface area contributed by atoms with E-state index in [9.17, 15) is 23.1 Å². The van der Waals surface area contributed by atoms with Gasteiger partial charge in [0.15, 0.2) is 0 Å². The van der Waals surface area contributed by atoms with Gasteiger partial charge < -0.3 is 19.6 Å². The summed E-state index contributed by atoms with van der Waals surface area (Å²) in [6.07, 6.45) is -4.72.